The van der Waals surface area contributed by atoms with Gasteiger partial charge in [-0.05, 0) is 18.6 Å². The van der Waals surface area contributed by atoms with E-state index in [2.05, 4.69) is 27.4 Å². The Morgan fingerprint density at radius 1 is 1.20 bits per heavy atom. The van der Waals surface area contributed by atoms with E-state index >= 15 is 0 Å². The predicted molar refractivity (Wildman–Crippen MR) is 85.2 cm³/mol. The molecule has 1 aromatic carbocycles. The highest BCUT2D eigenvalue weighted by molar-refractivity contribution is 6.37. The van der Waals surface area contributed by atoms with Gasteiger partial charge in [0.25, 0.3) is 0 Å². The molecule has 0 unspecified atom stereocenters. The zero-order valence-corrected chi connectivity index (χ0v) is 12.6. The molecule has 0 bridgehead atoms. The van der Waals surface area contributed by atoms with E-state index in [4.69, 9.17) is 29.0 Å². The molecule has 0 fully saturated rings. The molecular weight excluding hydrogens is 295 g/mol. The van der Waals surface area contributed by atoms with Gasteiger partial charge in [-0.1, -0.05) is 53.5 Å². The van der Waals surface area contributed by atoms with Crippen molar-refractivity contribution in [1.82, 2.24) is 4.98 Å². The van der Waals surface area contributed by atoms with E-state index in [0.717, 1.165) is 13.1 Å². The summed E-state index contributed by atoms with van der Waals surface area (Å²) < 4.78 is 0. The molecule has 0 amide bonds. The normalized spacial score (nSPS) is 10.4. The summed E-state index contributed by atoms with van der Waals surface area (Å²) in [5, 5.41) is 0.906. The summed E-state index contributed by atoms with van der Waals surface area (Å²) >= 11 is 12.2. The number of nitrogens with one attached hydrogen (secondary N) is 1. The van der Waals surface area contributed by atoms with Crippen LogP contribution in [0.5, 0.6) is 0 Å². The molecule has 106 valence electrons. The molecule has 6 heteroatoms. The van der Waals surface area contributed by atoms with Crippen LogP contribution in [0.15, 0.2) is 36.4 Å². The first-order chi connectivity index (χ1) is 9.65. The molecule has 3 N–H and O–H groups in total. The highest BCUT2D eigenvalue weighted by Crippen LogP contribution is 2.31. The minimum absolute atomic E-state index is 0.400. The van der Waals surface area contributed by atoms with Gasteiger partial charge in [0.15, 0.2) is 5.82 Å². The summed E-state index contributed by atoms with van der Waals surface area (Å²) in [5.41, 5.74) is 3.66. The Balaban J connectivity index is 2.32. The number of hydrazine groups is 1. The van der Waals surface area contributed by atoms with E-state index in [9.17, 15) is 0 Å². The first kappa shape index (κ1) is 14.9. The smallest absolute Gasteiger partial charge is 0.161 e. The highest BCUT2D eigenvalue weighted by atomic mass is 35.5. The van der Waals surface area contributed by atoms with E-state index in [0.29, 0.717) is 21.7 Å². The number of pyridine rings is 1. The van der Waals surface area contributed by atoms with Crippen LogP contribution in [0, 0.1) is 0 Å². The Morgan fingerprint density at radius 2 is 1.90 bits per heavy atom. The lowest BCUT2D eigenvalue weighted by Gasteiger charge is -2.24. The minimum atomic E-state index is 0.400. The first-order valence-electron chi connectivity index (χ1n) is 6.27. The molecule has 0 saturated carbocycles. The molecular formula is C14H16Cl2N4. The van der Waals surface area contributed by atoms with Crippen LogP contribution in [0.1, 0.15) is 12.5 Å². The van der Waals surface area contributed by atoms with E-state index in [1.165, 1.54) is 5.56 Å². The zero-order valence-electron chi connectivity index (χ0n) is 11.1. The molecule has 0 saturated heterocycles. The number of aromatic nitrogens is 1. The second kappa shape index (κ2) is 6.79. The largest absolute Gasteiger partial charge is 0.351 e. The van der Waals surface area contributed by atoms with Gasteiger partial charge < -0.3 is 10.3 Å². The number of nitrogens with zero attached hydrogens (tertiary/aromatic N) is 2. The quantitative estimate of drug-likeness (QED) is 0.653. The van der Waals surface area contributed by atoms with Gasteiger partial charge in [-0.3, -0.25) is 0 Å². The summed E-state index contributed by atoms with van der Waals surface area (Å²) in [5.74, 6) is 6.48. The summed E-state index contributed by atoms with van der Waals surface area (Å²) in [4.78, 5) is 6.45. The monoisotopic (exact) mass is 310 g/mol. The Hall–Kier alpha value is -1.49. The fraction of sp³-hybridized carbons (Fsp3) is 0.214. The van der Waals surface area contributed by atoms with Crippen molar-refractivity contribution in [2.24, 2.45) is 5.84 Å². The molecule has 1 aromatic heterocycles. The average molecular weight is 311 g/mol. The standard InChI is InChI=1S/C14H16Cl2N4/c1-2-20(9-10-6-4-3-5-7-10)14-12(16)8-11(15)13(18-14)19-17/h3-8H,2,9,17H2,1H3,(H,18,19). The van der Waals surface area contributed by atoms with Gasteiger partial charge in [0, 0.05) is 13.1 Å². The lowest BCUT2D eigenvalue weighted by atomic mass is 10.2. The van der Waals surface area contributed by atoms with Crippen molar-refractivity contribution in [3.8, 4) is 0 Å². The van der Waals surface area contributed by atoms with Crippen molar-refractivity contribution in [1.29, 1.82) is 0 Å². The molecule has 0 aliphatic rings. The lowest BCUT2D eigenvalue weighted by molar-refractivity contribution is 0.814. The van der Waals surface area contributed by atoms with Crippen molar-refractivity contribution in [2.75, 3.05) is 16.9 Å². The number of halogens is 2. The lowest BCUT2D eigenvalue weighted by Crippen LogP contribution is -2.24. The number of hydrogen-bond acceptors (Lipinski definition) is 4. The zero-order chi connectivity index (χ0) is 14.5. The fourth-order valence-electron chi connectivity index (χ4n) is 1.92. The van der Waals surface area contributed by atoms with Crippen LogP contribution < -0.4 is 16.2 Å². The Bertz CT molecular complexity index is 575. The van der Waals surface area contributed by atoms with E-state index in [1.54, 1.807) is 6.07 Å². The number of benzene rings is 1. The van der Waals surface area contributed by atoms with Gasteiger partial charge in [-0.15, -0.1) is 0 Å². The molecule has 2 aromatic rings. The van der Waals surface area contributed by atoms with E-state index < -0.39 is 0 Å². The molecule has 2 rings (SSSR count). The Morgan fingerprint density at radius 3 is 2.50 bits per heavy atom. The van der Waals surface area contributed by atoms with Crippen molar-refractivity contribution >= 4 is 34.8 Å². The van der Waals surface area contributed by atoms with E-state index in [1.807, 2.05) is 25.1 Å². The van der Waals surface area contributed by atoms with Gasteiger partial charge in [0.2, 0.25) is 0 Å². The Labute approximate surface area is 128 Å². The van der Waals surface area contributed by atoms with Crippen LogP contribution in [0.4, 0.5) is 11.6 Å². The maximum Gasteiger partial charge on any atom is 0.161 e. The molecule has 20 heavy (non-hydrogen) atoms. The van der Waals surface area contributed by atoms with Crippen molar-refractivity contribution in [2.45, 2.75) is 13.5 Å². The second-order valence-electron chi connectivity index (χ2n) is 4.27. The summed E-state index contributed by atoms with van der Waals surface area (Å²) in [6, 6.07) is 11.8. The van der Waals surface area contributed by atoms with Gasteiger partial charge in [-0.25, -0.2) is 10.8 Å². The maximum absolute atomic E-state index is 6.24. The third-order valence-corrected chi connectivity index (χ3v) is 3.51. The first-order valence-corrected chi connectivity index (χ1v) is 7.02. The molecule has 0 aliphatic heterocycles. The third-order valence-electron chi connectivity index (χ3n) is 2.95. The van der Waals surface area contributed by atoms with Gasteiger partial charge in [-0.2, -0.15) is 0 Å². The van der Waals surface area contributed by atoms with Crippen LogP contribution in [-0.2, 0) is 6.54 Å². The van der Waals surface area contributed by atoms with E-state index in [-0.39, 0.29) is 0 Å². The van der Waals surface area contributed by atoms with Crippen LogP contribution >= 0.6 is 23.2 Å². The predicted octanol–water partition coefficient (Wildman–Crippen LogP) is 3.70. The molecule has 0 atom stereocenters. The van der Waals surface area contributed by atoms with Crippen LogP contribution in [0.3, 0.4) is 0 Å². The van der Waals surface area contributed by atoms with Crippen molar-refractivity contribution in [3.05, 3.63) is 52.0 Å². The minimum Gasteiger partial charge on any atom is -0.351 e. The number of anilines is 2. The Kier molecular flexibility index (Phi) is 5.06. The molecule has 0 spiro atoms. The average Bonchev–Trinajstić information content (AvgIpc) is 2.46. The number of nitrogen functional groups attached to an aromatic ring is 1. The molecule has 0 radical (unpaired) electrons. The SMILES string of the molecule is CCN(Cc1ccccc1)c1nc(NN)c(Cl)cc1Cl. The summed E-state index contributed by atoms with van der Waals surface area (Å²) in [6.07, 6.45) is 0. The molecule has 4 nitrogen and oxygen atoms in total. The summed E-state index contributed by atoms with van der Waals surface area (Å²) in [6.45, 7) is 3.54. The van der Waals surface area contributed by atoms with Gasteiger partial charge in [0.05, 0.1) is 10.0 Å². The van der Waals surface area contributed by atoms with Crippen LogP contribution in [0.25, 0.3) is 0 Å². The topological polar surface area (TPSA) is 54.2 Å². The fourth-order valence-corrected chi connectivity index (χ4v) is 2.45. The highest BCUT2D eigenvalue weighted by Gasteiger charge is 2.14. The molecule has 0 aliphatic carbocycles. The number of rotatable bonds is 5. The third kappa shape index (κ3) is 3.33. The van der Waals surface area contributed by atoms with Crippen molar-refractivity contribution < 1.29 is 0 Å². The second-order valence-corrected chi connectivity index (χ2v) is 5.08. The maximum atomic E-state index is 6.24. The van der Waals surface area contributed by atoms with Gasteiger partial charge in [0.1, 0.15) is 5.82 Å². The molecule has 1 heterocycles. The van der Waals surface area contributed by atoms with Gasteiger partial charge >= 0.3 is 0 Å². The van der Waals surface area contributed by atoms with Crippen LogP contribution in [-0.4, -0.2) is 11.5 Å². The van der Waals surface area contributed by atoms with Crippen molar-refractivity contribution in [3.63, 3.8) is 0 Å². The summed E-state index contributed by atoms with van der Waals surface area (Å²) in [7, 11) is 0. The van der Waals surface area contributed by atoms with Crippen LogP contribution in [0.2, 0.25) is 10.0 Å². The number of nitrogens with two attached hydrogens (primary N) is 1. The number of hydrogen-bond donors (Lipinski definition) is 2.